The minimum atomic E-state index is 0.395. The summed E-state index contributed by atoms with van der Waals surface area (Å²) in [6.07, 6.45) is 1.63. The van der Waals surface area contributed by atoms with E-state index in [-0.39, 0.29) is 0 Å². The van der Waals surface area contributed by atoms with E-state index in [4.69, 9.17) is 5.73 Å². The van der Waals surface area contributed by atoms with Crippen molar-refractivity contribution in [2.45, 2.75) is 0 Å². The van der Waals surface area contributed by atoms with Gasteiger partial charge in [-0.3, -0.25) is 0 Å². The minimum Gasteiger partial charge on any atom is -0.383 e. The summed E-state index contributed by atoms with van der Waals surface area (Å²) in [6, 6.07) is 9.88. The van der Waals surface area contributed by atoms with E-state index in [9.17, 15) is 0 Å². The molecule has 0 spiro atoms. The topological polar surface area (TPSA) is 64.7 Å². The number of rotatable bonds is 1. The fraction of sp³-hybridized carbons (Fsp3) is 0. The summed E-state index contributed by atoms with van der Waals surface area (Å²) in [5.41, 5.74) is 7.35. The highest BCUT2D eigenvalue weighted by atomic mass is 79.9. The Balaban J connectivity index is 2.23. The van der Waals surface area contributed by atoms with Gasteiger partial charge in [0, 0.05) is 16.1 Å². The van der Waals surface area contributed by atoms with Gasteiger partial charge in [-0.1, -0.05) is 18.2 Å². The maximum absolute atomic E-state index is 5.78. The van der Waals surface area contributed by atoms with E-state index >= 15 is 0 Å². The standard InChI is InChI=1S/C13H8Br2N4/c14-8-5-7-3-1-2-4-10(7)18-11(8)13-17-6-9(15)12(16)19-13/h1-6H,(H2,16,17,19). The zero-order valence-corrected chi connectivity index (χ0v) is 12.8. The molecule has 1 aromatic carbocycles. The van der Waals surface area contributed by atoms with Crippen LogP contribution in [0.25, 0.3) is 22.4 Å². The third-order valence-electron chi connectivity index (χ3n) is 2.66. The quantitative estimate of drug-likeness (QED) is 0.698. The van der Waals surface area contributed by atoms with Crippen molar-refractivity contribution in [1.29, 1.82) is 0 Å². The highest BCUT2D eigenvalue weighted by molar-refractivity contribution is 9.11. The van der Waals surface area contributed by atoms with E-state index in [0.29, 0.717) is 21.8 Å². The van der Waals surface area contributed by atoms with Gasteiger partial charge in [0.05, 0.1) is 9.99 Å². The van der Waals surface area contributed by atoms with Crippen LogP contribution >= 0.6 is 31.9 Å². The molecule has 19 heavy (non-hydrogen) atoms. The average Bonchev–Trinajstić information content (AvgIpc) is 2.41. The molecule has 4 nitrogen and oxygen atoms in total. The molecule has 2 heterocycles. The largest absolute Gasteiger partial charge is 0.383 e. The summed E-state index contributed by atoms with van der Waals surface area (Å²) in [7, 11) is 0. The van der Waals surface area contributed by atoms with E-state index in [2.05, 4.69) is 46.8 Å². The van der Waals surface area contributed by atoms with Gasteiger partial charge in [0.2, 0.25) is 0 Å². The third-order valence-corrected chi connectivity index (χ3v) is 3.88. The molecule has 0 aliphatic rings. The van der Waals surface area contributed by atoms with Crippen molar-refractivity contribution >= 4 is 48.6 Å². The van der Waals surface area contributed by atoms with Crippen LogP contribution in [0.1, 0.15) is 0 Å². The Bertz CT molecular complexity index is 774. The lowest BCUT2D eigenvalue weighted by atomic mass is 10.2. The number of hydrogen-bond donors (Lipinski definition) is 1. The first-order valence-electron chi connectivity index (χ1n) is 5.49. The van der Waals surface area contributed by atoms with Crippen LogP contribution in [0.2, 0.25) is 0 Å². The first-order valence-corrected chi connectivity index (χ1v) is 7.07. The molecule has 0 aliphatic heterocycles. The SMILES string of the molecule is Nc1nc(-c2nc3ccccc3cc2Br)ncc1Br. The first-order chi connectivity index (χ1) is 9.15. The number of nitrogens with zero attached hydrogens (tertiary/aromatic N) is 3. The molecular formula is C13H8Br2N4. The van der Waals surface area contributed by atoms with Crippen LogP contribution in [-0.2, 0) is 0 Å². The normalized spacial score (nSPS) is 10.8. The summed E-state index contributed by atoms with van der Waals surface area (Å²) < 4.78 is 1.51. The molecule has 0 aliphatic carbocycles. The molecule has 0 bridgehead atoms. The second-order valence-electron chi connectivity index (χ2n) is 3.94. The monoisotopic (exact) mass is 378 g/mol. The zero-order chi connectivity index (χ0) is 13.4. The predicted octanol–water partition coefficient (Wildman–Crippen LogP) is 3.80. The molecule has 6 heteroatoms. The van der Waals surface area contributed by atoms with Crippen LogP contribution in [0, 0.1) is 0 Å². The van der Waals surface area contributed by atoms with Crippen molar-refractivity contribution in [1.82, 2.24) is 15.0 Å². The van der Waals surface area contributed by atoms with E-state index < -0.39 is 0 Å². The fourth-order valence-electron chi connectivity index (χ4n) is 1.74. The number of hydrogen-bond acceptors (Lipinski definition) is 4. The Hall–Kier alpha value is -1.53. The second kappa shape index (κ2) is 4.86. The Morgan fingerprint density at radius 3 is 2.58 bits per heavy atom. The van der Waals surface area contributed by atoms with E-state index in [1.54, 1.807) is 6.20 Å². The van der Waals surface area contributed by atoms with Crippen LogP contribution in [0.3, 0.4) is 0 Å². The summed E-state index contributed by atoms with van der Waals surface area (Å²) >= 11 is 6.78. The molecular weight excluding hydrogens is 372 g/mol. The lowest BCUT2D eigenvalue weighted by Gasteiger charge is -2.06. The number of anilines is 1. The molecule has 0 amide bonds. The van der Waals surface area contributed by atoms with Gasteiger partial charge in [0.25, 0.3) is 0 Å². The van der Waals surface area contributed by atoms with Gasteiger partial charge in [-0.05, 0) is 44.0 Å². The van der Waals surface area contributed by atoms with Gasteiger partial charge >= 0.3 is 0 Å². The number of fused-ring (bicyclic) bond motifs is 1. The molecule has 0 saturated heterocycles. The van der Waals surface area contributed by atoms with Gasteiger partial charge in [-0.25, -0.2) is 15.0 Å². The van der Waals surface area contributed by atoms with Crippen molar-refractivity contribution in [3.05, 3.63) is 45.5 Å². The number of nitrogens with two attached hydrogens (primary N) is 1. The summed E-state index contributed by atoms with van der Waals surface area (Å²) in [5.74, 6) is 0.894. The van der Waals surface area contributed by atoms with Crippen molar-refractivity contribution in [3.63, 3.8) is 0 Å². The Labute approximate surface area is 126 Å². The lowest BCUT2D eigenvalue weighted by Crippen LogP contribution is -1.98. The Morgan fingerprint density at radius 1 is 1.00 bits per heavy atom. The Kier molecular flexibility index (Phi) is 3.20. The molecule has 0 radical (unpaired) electrons. The van der Waals surface area contributed by atoms with Gasteiger partial charge in [0.15, 0.2) is 5.82 Å². The maximum Gasteiger partial charge on any atom is 0.181 e. The number of pyridine rings is 1. The van der Waals surface area contributed by atoms with Crippen molar-refractivity contribution in [2.75, 3.05) is 5.73 Å². The molecule has 94 valence electrons. The van der Waals surface area contributed by atoms with Crippen LogP contribution < -0.4 is 5.73 Å². The molecule has 0 fully saturated rings. The van der Waals surface area contributed by atoms with E-state index in [0.717, 1.165) is 15.4 Å². The molecule has 2 aromatic heterocycles. The van der Waals surface area contributed by atoms with Crippen molar-refractivity contribution in [2.24, 2.45) is 0 Å². The average molecular weight is 380 g/mol. The van der Waals surface area contributed by atoms with Gasteiger partial charge < -0.3 is 5.73 Å². The number of para-hydroxylation sites is 1. The van der Waals surface area contributed by atoms with Crippen LogP contribution in [0.5, 0.6) is 0 Å². The highest BCUT2D eigenvalue weighted by Crippen LogP contribution is 2.28. The van der Waals surface area contributed by atoms with Crippen LogP contribution in [0.4, 0.5) is 5.82 Å². The molecule has 0 atom stereocenters. The van der Waals surface area contributed by atoms with Gasteiger partial charge in [0.1, 0.15) is 11.5 Å². The number of nitrogen functional groups attached to an aromatic ring is 1. The lowest BCUT2D eigenvalue weighted by molar-refractivity contribution is 1.14. The molecule has 3 aromatic rings. The first kappa shape index (κ1) is 12.5. The maximum atomic E-state index is 5.78. The minimum absolute atomic E-state index is 0.395. The van der Waals surface area contributed by atoms with E-state index in [1.807, 2.05) is 30.3 Å². The number of benzene rings is 1. The van der Waals surface area contributed by atoms with Gasteiger partial charge in [-0.2, -0.15) is 0 Å². The van der Waals surface area contributed by atoms with Gasteiger partial charge in [-0.15, -0.1) is 0 Å². The third kappa shape index (κ3) is 2.33. The fourth-order valence-corrected chi connectivity index (χ4v) is 2.44. The smallest absolute Gasteiger partial charge is 0.181 e. The summed E-state index contributed by atoms with van der Waals surface area (Å²) in [4.78, 5) is 13.1. The van der Waals surface area contributed by atoms with E-state index in [1.165, 1.54) is 0 Å². The highest BCUT2D eigenvalue weighted by Gasteiger charge is 2.11. The van der Waals surface area contributed by atoms with Crippen LogP contribution in [0.15, 0.2) is 45.5 Å². The molecule has 2 N–H and O–H groups in total. The second-order valence-corrected chi connectivity index (χ2v) is 5.65. The number of halogens is 2. The molecule has 3 rings (SSSR count). The van der Waals surface area contributed by atoms with Crippen molar-refractivity contribution < 1.29 is 0 Å². The Morgan fingerprint density at radius 2 is 1.79 bits per heavy atom. The predicted molar refractivity (Wildman–Crippen MR) is 82.6 cm³/mol. The molecule has 0 unspecified atom stereocenters. The molecule has 0 saturated carbocycles. The number of aromatic nitrogens is 3. The van der Waals surface area contributed by atoms with Crippen LogP contribution in [-0.4, -0.2) is 15.0 Å². The summed E-state index contributed by atoms with van der Waals surface area (Å²) in [6.45, 7) is 0. The van der Waals surface area contributed by atoms with Crippen molar-refractivity contribution in [3.8, 4) is 11.5 Å². The summed E-state index contributed by atoms with van der Waals surface area (Å²) in [5, 5.41) is 1.06. The zero-order valence-electron chi connectivity index (χ0n) is 9.64.